The molecular formula is C23H31N3O4. The molecule has 162 valence electrons. The van der Waals surface area contributed by atoms with Crippen molar-refractivity contribution >= 4 is 11.8 Å². The topological polar surface area (TPSA) is 105 Å². The lowest BCUT2D eigenvalue weighted by molar-refractivity contribution is -0.148. The number of hydrogen-bond donors (Lipinski definition) is 3. The van der Waals surface area contributed by atoms with Gasteiger partial charge in [-0.15, -0.1) is 0 Å². The Bertz CT molecular complexity index is 834. The summed E-state index contributed by atoms with van der Waals surface area (Å²) < 4.78 is 5.17. The van der Waals surface area contributed by atoms with E-state index < -0.39 is 12.1 Å². The number of aryl methyl sites for hydroxylation is 1. The lowest BCUT2D eigenvalue weighted by atomic mass is 9.96. The number of rotatable bonds is 10. The molecular weight excluding hydrogens is 382 g/mol. The Hall–Kier alpha value is -2.80. The number of benzene rings is 1. The number of aromatic hydroxyl groups is 1. The van der Waals surface area contributed by atoms with E-state index in [0.29, 0.717) is 44.5 Å². The van der Waals surface area contributed by atoms with Gasteiger partial charge in [0.25, 0.3) is 0 Å². The SMILES string of the molecule is COc1cc(CCCN2C(=O)C(C3=CC=CC3)NC(=O)C2CCCCN)ccc1O. The number of amides is 2. The molecule has 30 heavy (non-hydrogen) atoms. The Balaban J connectivity index is 1.69. The smallest absolute Gasteiger partial charge is 0.250 e. The third-order valence-electron chi connectivity index (χ3n) is 5.71. The van der Waals surface area contributed by atoms with Gasteiger partial charge in [-0.3, -0.25) is 9.59 Å². The number of phenols is 1. The van der Waals surface area contributed by atoms with Crippen LogP contribution in [0.2, 0.25) is 0 Å². The molecule has 1 fully saturated rings. The molecule has 1 saturated heterocycles. The monoisotopic (exact) mass is 413 g/mol. The second kappa shape index (κ2) is 10.3. The van der Waals surface area contributed by atoms with Gasteiger partial charge in [-0.05, 0) is 68.3 Å². The maximum Gasteiger partial charge on any atom is 0.250 e. The first kappa shape index (κ1) is 21.9. The van der Waals surface area contributed by atoms with E-state index in [1.165, 1.54) is 7.11 Å². The van der Waals surface area contributed by atoms with E-state index in [4.69, 9.17) is 10.5 Å². The average Bonchev–Trinajstić information content (AvgIpc) is 3.27. The first-order valence-corrected chi connectivity index (χ1v) is 10.6. The molecule has 1 aliphatic carbocycles. The molecule has 2 atom stereocenters. The van der Waals surface area contributed by atoms with Gasteiger partial charge in [0.1, 0.15) is 12.1 Å². The number of carbonyl (C=O) groups excluding carboxylic acids is 2. The molecule has 1 aromatic rings. The number of methoxy groups -OCH3 is 1. The molecule has 0 saturated carbocycles. The van der Waals surface area contributed by atoms with Crippen LogP contribution in [0.15, 0.2) is 42.0 Å². The summed E-state index contributed by atoms with van der Waals surface area (Å²) in [6.07, 6.45) is 10.2. The van der Waals surface area contributed by atoms with Crippen molar-refractivity contribution in [1.82, 2.24) is 10.2 Å². The molecule has 7 nitrogen and oxygen atoms in total. The van der Waals surface area contributed by atoms with E-state index in [-0.39, 0.29) is 17.6 Å². The number of nitrogens with two attached hydrogens (primary N) is 1. The quantitative estimate of drug-likeness (QED) is 0.509. The van der Waals surface area contributed by atoms with Crippen molar-refractivity contribution in [3.8, 4) is 11.5 Å². The van der Waals surface area contributed by atoms with Crippen LogP contribution in [0.3, 0.4) is 0 Å². The number of unbranched alkanes of at least 4 members (excludes halogenated alkanes) is 1. The van der Waals surface area contributed by atoms with E-state index >= 15 is 0 Å². The van der Waals surface area contributed by atoms with Crippen LogP contribution in [-0.4, -0.2) is 54.1 Å². The van der Waals surface area contributed by atoms with Crippen molar-refractivity contribution in [2.45, 2.75) is 50.6 Å². The highest BCUT2D eigenvalue weighted by Gasteiger charge is 2.41. The Morgan fingerprint density at radius 3 is 2.80 bits per heavy atom. The molecule has 2 unspecified atom stereocenters. The van der Waals surface area contributed by atoms with Crippen molar-refractivity contribution in [3.05, 3.63) is 47.6 Å². The van der Waals surface area contributed by atoms with Crippen molar-refractivity contribution in [1.29, 1.82) is 0 Å². The van der Waals surface area contributed by atoms with E-state index in [1.54, 1.807) is 17.0 Å². The van der Waals surface area contributed by atoms with E-state index in [1.807, 2.05) is 24.3 Å². The Morgan fingerprint density at radius 1 is 1.27 bits per heavy atom. The predicted molar refractivity (Wildman–Crippen MR) is 115 cm³/mol. The van der Waals surface area contributed by atoms with E-state index in [2.05, 4.69) is 5.32 Å². The number of ether oxygens (including phenoxy) is 1. The predicted octanol–water partition coefficient (Wildman–Crippen LogP) is 2.04. The largest absolute Gasteiger partial charge is 0.504 e. The second-order valence-corrected chi connectivity index (χ2v) is 7.76. The maximum atomic E-state index is 13.3. The number of piperazine rings is 1. The lowest BCUT2D eigenvalue weighted by Gasteiger charge is -2.39. The third-order valence-corrected chi connectivity index (χ3v) is 5.71. The van der Waals surface area contributed by atoms with Crippen LogP contribution in [0.25, 0.3) is 0 Å². The minimum Gasteiger partial charge on any atom is -0.504 e. The number of allylic oxidation sites excluding steroid dienone is 3. The Kier molecular flexibility index (Phi) is 7.52. The molecule has 0 bridgehead atoms. The number of phenolic OH excluding ortho intramolecular Hbond substituents is 1. The molecule has 2 amide bonds. The number of hydrogen-bond acceptors (Lipinski definition) is 5. The molecule has 0 spiro atoms. The fourth-order valence-corrected chi connectivity index (χ4v) is 4.06. The van der Waals surface area contributed by atoms with Crippen LogP contribution >= 0.6 is 0 Å². The molecule has 3 rings (SSSR count). The summed E-state index contributed by atoms with van der Waals surface area (Å²) in [5, 5.41) is 12.7. The zero-order valence-corrected chi connectivity index (χ0v) is 17.5. The fourth-order valence-electron chi connectivity index (χ4n) is 4.06. The molecule has 7 heteroatoms. The zero-order valence-electron chi connectivity index (χ0n) is 17.5. The van der Waals surface area contributed by atoms with Crippen molar-refractivity contribution < 1.29 is 19.4 Å². The average molecular weight is 414 g/mol. The van der Waals surface area contributed by atoms with Gasteiger partial charge in [0.15, 0.2) is 11.5 Å². The molecule has 2 aliphatic rings. The molecule has 0 radical (unpaired) electrons. The summed E-state index contributed by atoms with van der Waals surface area (Å²) in [7, 11) is 1.52. The first-order chi connectivity index (χ1) is 14.5. The van der Waals surface area contributed by atoms with E-state index in [9.17, 15) is 14.7 Å². The second-order valence-electron chi connectivity index (χ2n) is 7.76. The summed E-state index contributed by atoms with van der Waals surface area (Å²) in [6.45, 7) is 1.08. The summed E-state index contributed by atoms with van der Waals surface area (Å²) in [6, 6.07) is 4.23. The molecule has 1 aliphatic heterocycles. The zero-order chi connectivity index (χ0) is 21.5. The normalized spacial score (nSPS) is 21.0. The van der Waals surface area contributed by atoms with Gasteiger partial charge >= 0.3 is 0 Å². The maximum absolute atomic E-state index is 13.3. The van der Waals surface area contributed by atoms with Crippen LogP contribution in [0.5, 0.6) is 11.5 Å². The summed E-state index contributed by atoms with van der Waals surface area (Å²) >= 11 is 0. The highest BCUT2D eigenvalue weighted by molar-refractivity contribution is 5.99. The van der Waals surface area contributed by atoms with Gasteiger partial charge in [0.05, 0.1) is 7.11 Å². The van der Waals surface area contributed by atoms with Crippen LogP contribution in [-0.2, 0) is 16.0 Å². The van der Waals surface area contributed by atoms with Gasteiger partial charge in [-0.2, -0.15) is 0 Å². The summed E-state index contributed by atoms with van der Waals surface area (Å²) in [5.41, 5.74) is 7.54. The molecule has 0 aromatic heterocycles. The Labute approximate surface area is 177 Å². The molecule has 1 aromatic carbocycles. The summed E-state index contributed by atoms with van der Waals surface area (Å²) in [5.74, 6) is 0.410. The molecule has 1 heterocycles. The minimum atomic E-state index is -0.577. The van der Waals surface area contributed by atoms with Gasteiger partial charge in [-0.25, -0.2) is 0 Å². The van der Waals surface area contributed by atoms with Crippen LogP contribution in [0.1, 0.15) is 37.7 Å². The van der Waals surface area contributed by atoms with Gasteiger partial charge in [-0.1, -0.05) is 24.3 Å². The lowest BCUT2D eigenvalue weighted by Crippen LogP contribution is -2.63. The highest BCUT2D eigenvalue weighted by Crippen LogP contribution is 2.27. The van der Waals surface area contributed by atoms with Crippen LogP contribution in [0, 0.1) is 0 Å². The number of nitrogens with zero attached hydrogens (tertiary/aromatic N) is 1. The number of carbonyl (C=O) groups is 2. The molecule has 4 N–H and O–H groups in total. The van der Waals surface area contributed by atoms with Crippen LogP contribution in [0.4, 0.5) is 0 Å². The van der Waals surface area contributed by atoms with Crippen molar-refractivity contribution in [2.75, 3.05) is 20.2 Å². The van der Waals surface area contributed by atoms with Crippen molar-refractivity contribution in [2.24, 2.45) is 5.73 Å². The minimum absolute atomic E-state index is 0.0365. The van der Waals surface area contributed by atoms with Crippen molar-refractivity contribution in [3.63, 3.8) is 0 Å². The standard InChI is InChI=1S/C23H31N3O4/c1-30-20-15-16(11-12-19(20)27)7-6-14-26-18(10-4-5-13-24)22(28)25-21(23(26)29)17-8-2-3-9-17/h2-3,8,11-12,15,18,21,27H,4-7,9-10,13-14,24H2,1H3,(H,25,28). The summed E-state index contributed by atoms with van der Waals surface area (Å²) in [4.78, 5) is 27.8. The Morgan fingerprint density at radius 2 is 2.10 bits per heavy atom. The van der Waals surface area contributed by atoms with Gasteiger partial charge in [0.2, 0.25) is 11.8 Å². The van der Waals surface area contributed by atoms with Crippen LogP contribution < -0.4 is 15.8 Å². The van der Waals surface area contributed by atoms with Gasteiger partial charge < -0.3 is 25.8 Å². The van der Waals surface area contributed by atoms with E-state index in [0.717, 1.165) is 24.0 Å². The fraction of sp³-hybridized carbons (Fsp3) is 0.478. The highest BCUT2D eigenvalue weighted by atomic mass is 16.5. The van der Waals surface area contributed by atoms with Gasteiger partial charge in [0, 0.05) is 6.54 Å². The first-order valence-electron chi connectivity index (χ1n) is 10.6. The number of nitrogens with one attached hydrogen (secondary N) is 1. The third kappa shape index (κ3) is 5.02.